The first kappa shape index (κ1) is 20.4. The Kier molecular flexibility index (Phi) is 4.82. The molecule has 3 aromatic carbocycles. The summed E-state index contributed by atoms with van der Waals surface area (Å²) in [5.41, 5.74) is 6.72. The third-order valence-corrected chi connectivity index (χ3v) is 7.17. The van der Waals surface area contributed by atoms with E-state index in [2.05, 4.69) is 18.2 Å². The van der Waals surface area contributed by atoms with Crippen LogP contribution in [0.1, 0.15) is 49.4 Å². The standard InChI is InChI=1S/C30H26O2/c1-19-18-25(31)28-20(2)27(22-14-8-5-9-15-22)29(32)30(28,3)24-17-11-10-16-23(24)26(19)21-12-6-4-7-13-21/h4-17,28H,18H2,1-3H3/b26-19-. The number of rotatable bonds is 2. The van der Waals surface area contributed by atoms with Crippen molar-refractivity contribution in [2.24, 2.45) is 5.92 Å². The zero-order chi connectivity index (χ0) is 22.5. The van der Waals surface area contributed by atoms with E-state index in [0.29, 0.717) is 12.0 Å². The monoisotopic (exact) mass is 418 g/mol. The largest absolute Gasteiger partial charge is 0.299 e. The van der Waals surface area contributed by atoms with Gasteiger partial charge in [0.05, 0.1) is 11.3 Å². The fraction of sp³-hybridized carbons (Fsp3) is 0.200. The highest BCUT2D eigenvalue weighted by Crippen LogP contribution is 2.53. The summed E-state index contributed by atoms with van der Waals surface area (Å²) < 4.78 is 0. The van der Waals surface area contributed by atoms with Gasteiger partial charge in [-0.05, 0) is 48.6 Å². The number of Topliss-reactive ketones (excluding diaryl/α,β-unsaturated/α-hetero) is 2. The molecule has 0 aliphatic heterocycles. The van der Waals surface area contributed by atoms with Gasteiger partial charge < -0.3 is 0 Å². The number of ketones is 2. The van der Waals surface area contributed by atoms with Crippen LogP contribution in [0.3, 0.4) is 0 Å². The van der Waals surface area contributed by atoms with Crippen molar-refractivity contribution in [3.05, 3.63) is 118 Å². The van der Waals surface area contributed by atoms with Crippen LogP contribution in [0.2, 0.25) is 0 Å². The van der Waals surface area contributed by atoms with Crippen LogP contribution < -0.4 is 0 Å². The van der Waals surface area contributed by atoms with Gasteiger partial charge in [0, 0.05) is 12.0 Å². The molecule has 2 aliphatic rings. The average Bonchev–Trinajstić information content (AvgIpc) is 3.00. The quantitative estimate of drug-likeness (QED) is 0.482. The molecule has 2 aliphatic carbocycles. The van der Waals surface area contributed by atoms with Gasteiger partial charge in [-0.1, -0.05) is 96.1 Å². The molecule has 2 heteroatoms. The van der Waals surface area contributed by atoms with Gasteiger partial charge in [-0.2, -0.15) is 0 Å². The highest BCUT2D eigenvalue weighted by atomic mass is 16.1. The zero-order valence-corrected chi connectivity index (χ0v) is 18.7. The van der Waals surface area contributed by atoms with Crippen molar-refractivity contribution in [2.75, 3.05) is 0 Å². The Bertz CT molecular complexity index is 1290. The normalized spacial score (nSPS) is 25.3. The van der Waals surface area contributed by atoms with Crippen molar-refractivity contribution >= 4 is 22.7 Å². The molecule has 0 saturated heterocycles. The minimum atomic E-state index is -0.927. The van der Waals surface area contributed by atoms with E-state index in [4.69, 9.17) is 0 Å². The van der Waals surface area contributed by atoms with Crippen molar-refractivity contribution in [2.45, 2.75) is 32.6 Å². The van der Waals surface area contributed by atoms with Gasteiger partial charge in [-0.25, -0.2) is 0 Å². The van der Waals surface area contributed by atoms with E-state index in [1.165, 1.54) is 0 Å². The zero-order valence-electron chi connectivity index (χ0n) is 18.7. The van der Waals surface area contributed by atoms with Gasteiger partial charge in [0.15, 0.2) is 5.78 Å². The second-order valence-corrected chi connectivity index (χ2v) is 9.10. The van der Waals surface area contributed by atoms with Crippen LogP contribution in [-0.2, 0) is 15.0 Å². The molecule has 0 amide bonds. The molecule has 0 aromatic heterocycles. The van der Waals surface area contributed by atoms with Crippen molar-refractivity contribution in [1.82, 2.24) is 0 Å². The van der Waals surface area contributed by atoms with Crippen molar-refractivity contribution in [3.8, 4) is 0 Å². The Morgan fingerprint density at radius 3 is 1.88 bits per heavy atom. The van der Waals surface area contributed by atoms with Crippen molar-refractivity contribution < 1.29 is 9.59 Å². The molecule has 5 rings (SSSR count). The predicted octanol–water partition coefficient (Wildman–Crippen LogP) is 6.41. The third kappa shape index (κ3) is 2.86. The van der Waals surface area contributed by atoms with Gasteiger partial charge >= 0.3 is 0 Å². The molecule has 0 bridgehead atoms. The molecule has 2 atom stereocenters. The smallest absolute Gasteiger partial charge is 0.174 e. The molecule has 2 nitrogen and oxygen atoms in total. The van der Waals surface area contributed by atoms with Crippen LogP contribution in [0, 0.1) is 5.92 Å². The van der Waals surface area contributed by atoms with Crippen molar-refractivity contribution in [3.63, 3.8) is 0 Å². The number of hydrogen-bond donors (Lipinski definition) is 0. The summed E-state index contributed by atoms with van der Waals surface area (Å²) in [6, 6.07) is 28.1. The molecule has 0 saturated carbocycles. The Labute approximate surface area is 189 Å². The van der Waals surface area contributed by atoms with Crippen LogP contribution in [0.15, 0.2) is 96.1 Å². The topological polar surface area (TPSA) is 34.1 Å². The minimum Gasteiger partial charge on any atom is -0.299 e. The lowest BCUT2D eigenvalue weighted by molar-refractivity contribution is -0.128. The molecule has 0 heterocycles. The molecule has 0 spiro atoms. The van der Waals surface area contributed by atoms with E-state index >= 15 is 0 Å². The van der Waals surface area contributed by atoms with E-state index in [0.717, 1.165) is 39.0 Å². The van der Waals surface area contributed by atoms with Crippen molar-refractivity contribution in [1.29, 1.82) is 0 Å². The number of carbonyl (C=O) groups is 2. The Morgan fingerprint density at radius 1 is 0.719 bits per heavy atom. The van der Waals surface area contributed by atoms with E-state index in [1.807, 2.05) is 87.5 Å². The summed E-state index contributed by atoms with van der Waals surface area (Å²) in [7, 11) is 0. The van der Waals surface area contributed by atoms with Gasteiger partial charge in [0.2, 0.25) is 0 Å². The first-order valence-electron chi connectivity index (χ1n) is 11.1. The number of allylic oxidation sites excluding steroid dienone is 3. The number of benzene rings is 3. The molecule has 0 radical (unpaired) electrons. The Balaban J connectivity index is 1.80. The molecule has 158 valence electrons. The molecular formula is C30H26O2. The summed E-state index contributed by atoms with van der Waals surface area (Å²) in [6.07, 6.45) is 0.339. The van der Waals surface area contributed by atoms with Crippen LogP contribution in [-0.4, -0.2) is 11.6 Å². The van der Waals surface area contributed by atoms with E-state index in [9.17, 15) is 9.59 Å². The lowest BCUT2D eigenvalue weighted by atomic mass is 9.64. The van der Waals surface area contributed by atoms with E-state index in [1.54, 1.807) is 0 Å². The summed E-state index contributed by atoms with van der Waals surface area (Å²) in [4.78, 5) is 27.9. The maximum atomic E-state index is 14.1. The summed E-state index contributed by atoms with van der Waals surface area (Å²) >= 11 is 0. The Hall–Kier alpha value is -3.52. The van der Waals surface area contributed by atoms with Gasteiger partial charge in [-0.3, -0.25) is 9.59 Å². The predicted molar refractivity (Wildman–Crippen MR) is 129 cm³/mol. The summed E-state index contributed by atoms with van der Waals surface area (Å²) in [5.74, 6) is -0.303. The van der Waals surface area contributed by atoms with Crippen LogP contribution in [0.25, 0.3) is 11.1 Å². The molecule has 0 N–H and O–H groups in total. The first-order valence-corrected chi connectivity index (χ1v) is 11.1. The fourth-order valence-corrected chi connectivity index (χ4v) is 5.79. The maximum absolute atomic E-state index is 14.1. The first-order chi connectivity index (χ1) is 15.4. The molecular weight excluding hydrogens is 392 g/mol. The summed E-state index contributed by atoms with van der Waals surface area (Å²) in [6.45, 7) is 5.99. The van der Waals surface area contributed by atoms with E-state index in [-0.39, 0.29) is 11.6 Å². The number of carbonyl (C=O) groups excluding carboxylic acids is 2. The molecule has 32 heavy (non-hydrogen) atoms. The van der Waals surface area contributed by atoms with Crippen LogP contribution in [0.5, 0.6) is 0 Å². The summed E-state index contributed by atoms with van der Waals surface area (Å²) in [5, 5.41) is 0. The molecule has 0 fully saturated rings. The molecule has 2 unspecified atom stereocenters. The van der Waals surface area contributed by atoms with Crippen LogP contribution in [0.4, 0.5) is 0 Å². The molecule has 3 aromatic rings. The van der Waals surface area contributed by atoms with Gasteiger partial charge in [-0.15, -0.1) is 0 Å². The number of hydrogen-bond acceptors (Lipinski definition) is 2. The van der Waals surface area contributed by atoms with Gasteiger partial charge in [0.1, 0.15) is 5.78 Å². The maximum Gasteiger partial charge on any atom is 0.174 e. The number of fused-ring (bicyclic) bond motifs is 3. The second-order valence-electron chi connectivity index (χ2n) is 9.10. The fourth-order valence-electron chi connectivity index (χ4n) is 5.79. The van der Waals surface area contributed by atoms with Crippen LogP contribution >= 0.6 is 0 Å². The van der Waals surface area contributed by atoms with E-state index < -0.39 is 11.3 Å². The minimum absolute atomic E-state index is 0.0407. The SMILES string of the molecule is CC1=C(c2ccccc2)C(=O)C2(C)c3ccccc3/C(c3ccccc3)=C(/C)CC(=O)C12. The lowest BCUT2D eigenvalue weighted by Crippen LogP contribution is -2.41. The highest BCUT2D eigenvalue weighted by Gasteiger charge is 2.55. The Morgan fingerprint density at radius 2 is 1.25 bits per heavy atom. The second kappa shape index (κ2) is 7.56. The highest BCUT2D eigenvalue weighted by molar-refractivity contribution is 6.31. The average molecular weight is 419 g/mol. The third-order valence-electron chi connectivity index (χ3n) is 7.17. The lowest BCUT2D eigenvalue weighted by Gasteiger charge is -2.36. The van der Waals surface area contributed by atoms with Gasteiger partial charge in [0.25, 0.3) is 0 Å².